The van der Waals surface area contributed by atoms with Gasteiger partial charge in [-0.15, -0.1) is 24.0 Å². The maximum absolute atomic E-state index is 5.05. The van der Waals surface area contributed by atoms with Gasteiger partial charge in [-0.05, 0) is 48.5 Å². The van der Waals surface area contributed by atoms with Gasteiger partial charge in [-0.3, -0.25) is 9.89 Å². The molecular formula is C21H34IN7S. The zero-order valence-corrected chi connectivity index (χ0v) is 21.3. The van der Waals surface area contributed by atoms with Crippen LogP contribution < -0.4 is 10.2 Å². The molecule has 0 spiro atoms. The molecule has 1 saturated heterocycles. The summed E-state index contributed by atoms with van der Waals surface area (Å²) in [5, 5.41) is 7.91. The summed E-state index contributed by atoms with van der Waals surface area (Å²) in [6.07, 6.45) is 3.61. The van der Waals surface area contributed by atoms with E-state index in [1.54, 1.807) is 23.7 Å². The van der Waals surface area contributed by atoms with E-state index in [0.29, 0.717) is 6.04 Å². The number of hydrogen-bond donors (Lipinski definition) is 1. The molecule has 1 aliphatic rings. The third kappa shape index (κ3) is 6.52. The predicted molar refractivity (Wildman–Crippen MR) is 137 cm³/mol. The Morgan fingerprint density at radius 2 is 1.87 bits per heavy atom. The third-order valence-electron chi connectivity index (χ3n) is 5.34. The monoisotopic (exact) mass is 543 g/mol. The first kappa shape index (κ1) is 24.8. The van der Waals surface area contributed by atoms with Crippen LogP contribution in [0.5, 0.6) is 0 Å². The second-order valence-corrected chi connectivity index (χ2v) is 7.79. The first-order valence-electron chi connectivity index (χ1n) is 10.6. The van der Waals surface area contributed by atoms with Gasteiger partial charge in [0.2, 0.25) is 5.95 Å². The number of hydrogen-bond acceptors (Lipinski definition) is 6. The second-order valence-electron chi connectivity index (χ2n) is 7.01. The quantitative estimate of drug-likeness (QED) is 0.313. The van der Waals surface area contributed by atoms with Gasteiger partial charge < -0.3 is 15.1 Å². The number of anilines is 1. The Morgan fingerprint density at radius 3 is 2.43 bits per heavy atom. The van der Waals surface area contributed by atoms with E-state index in [9.17, 15) is 0 Å². The lowest BCUT2D eigenvalue weighted by Crippen LogP contribution is -2.53. The standard InChI is InChI=1S/C21H33N7S.HI/c1-4-22-20(25-16-19(26(5-2)6-3)18-8-15-29-17-18)27-11-13-28(14-12-27)21-23-9-7-10-24-21;/h7-10,15,17,19H,4-6,11-14,16H2,1-3H3,(H,22,25);1H. The summed E-state index contributed by atoms with van der Waals surface area (Å²) >= 11 is 1.76. The van der Waals surface area contributed by atoms with Crippen LogP contribution in [0.3, 0.4) is 0 Å². The third-order valence-corrected chi connectivity index (χ3v) is 6.05. The van der Waals surface area contributed by atoms with Crippen molar-refractivity contribution in [2.75, 3.05) is 57.3 Å². The molecule has 1 N–H and O–H groups in total. The van der Waals surface area contributed by atoms with Crippen LogP contribution in [-0.2, 0) is 0 Å². The molecule has 3 rings (SSSR count). The zero-order valence-electron chi connectivity index (χ0n) is 18.2. The van der Waals surface area contributed by atoms with E-state index in [0.717, 1.165) is 64.3 Å². The molecular weight excluding hydrogens is 509 g/mol. The van der Waals surface area contributed by atoms with Gasteiger partial charge in [0.15, 0.2) is 5.96 Å². The molecule has 1 fully saturated rings. The summed E-state index contributed by atoms with van der Waals surface area (Å²) in [4.78, 5) is 20.9. The van der Waals surface area contributed by atoms with Crippen LogP contribution in [0, 0.1) is 0 Å². The fourth-order valence-electron chi connectivity index (χ4n) is 3.73. The number of likely N-dealkylation sites (N-methyl/N-ethyl adjacent to an activating group) is 1. The van der Waals surface area contributed by atoms with Crippen LogP contribution in [0.4, 0.5) is 5.95 Å². The van der Waals surface area contributed by atoms with E-state index < -0.39 is 0 Å². The topological polar surface area (TPSA) is 59.9 Å². The lowest BCUT2D eigenvalue weighted by molar-refractivity contribution is 0.224. The molecule has 1 unspecified atom stereocenters. The van der Waals surface area contributed by atoms with Gasteiger partial charge in [0.1, 0.15) is 0 Å². The minimum Gasteiger partial charge on any atom is -0.357 e. The van der Waals surface area contributed by atoms with Crippen LogP contribution in [0.25, 0.3) is 0 Å². The first-order valence-corrected chi connectivity index (χ1v) is 11.5. The number of aliphatic imine (C=N–C) groups is 1. The van der Waals surface area contributed by atoms with Crippen LogP contribution >= 0.6 is 35.3 Å². The SMILES string of the molecule is CCNC(=NCC(c1ccsc1)N(CC)CC)N1CCN(c2ncccn2)CC1.I. The van der Waals surface area contributed by atoms with E-state index in [4.69, 9.17) is 4.99 Å². The largest absolute Gasteiger partial charge is 0.357 e. The highest BCUT2D eigenvalue weighted by molar-refractivity contribution is 14.0. The van der Waals surface area contributed by atoms with Gasteiger partial charge in [0, 0.05) is 45.1 Å². The van der Waals surface area contributed by atoms with E-state index in [1.165, 1.54) is 5.56 Å². The number of piperazine rings is 1. The van der Waals surface area contributed by atoms with E-state index in [1.807, 2.05) is 6.07 Å². The van der Waals surface area contributed by atoms with E-state index in [-0.39, 0.29) is 24.0 Å². The number of thiophene rings is 1. The van der Waals surface area contributed by atoms with Crippen molar-refractivity contribution < 1.29 is 0 Å². The maximum atomic E-state index is 5.05. The van der Waals surface area contributed by atoms with Crippen LogP contribution in [0.2, 0.25) is 0 Å². The van der Waals surface area contributed by atoms with Crippen molar-refractivity contribution in [3.8, 4) is 0 Å². The summed E-state index contributed by atoms with van der Waals surface area (Å²) < 4.78 is 0. The number of aromatic nitrogens is 2. The Hall–Kier alpha value is -1.46. The Bertz CT molecular complexity index is 729. The summed E-state index contributed by atoms with van der Waals surface area (Å²) in [5.41, 5.74) is 1.37. The molecule has 0 bridgehead atoms. The van der Waals surface area contributed by atoms with Gasteiger partial charge in [-0.25, -0.2) is 9.97 Å². The van der Waals surface area contributed by atoms with Gasteiger partial charge in [-0.1, -0.05) is 13.8 Å². The fraction of sp³-hybridized carbons (Fsp3) is 0.571. The molecule has 1 aliphatic heterocycles. The van der Waals surface area contributed by atoms with Crippen molar-refractivity contribution >= 4 is 47.2 Å². The van der Waals surface area contributed by atoms with Crippen molar-refractivity contribution in [2.45, 2.75) is 26.8 Å². The Balaban J connectivity index is 0.00000320. The van der Waals surface area contributed by atoms with Crippen molar-refractivity contribution in [3.05, 3.63) is 40.8 Å². The minimum absolute atomic E-state index is 0. The van der Waals surface area contributed by atoms with E-state index in [2.05, 4.69) is 67.6 Å². The number of nitrogens with zero attached hydrogens (tertiary/aromatic N) is 6. The van der Waals surface area contributed by atoms with Gasteiger partial charge >= 0.3 is 0 Å². The first-order chi connectivity index (χ1) is 14.3. The highest BCUT2D eigenvalue weighted by Crippen LogP contribution is 2.23. The van der Waals surface area contributed by atoms with Gasteiger partial charge in [0.05, 0.1) is 12.6 Å². The van der Waals surface area contributed by atoms with Crippen molar-refractivity contribution in [1.82, 2.24) is 25.1 Å². The zero-order chi connectivity index (χ0) is 20.5. The normalized spacial score (nSPS) is 15.8. The molecule has 30 heavy (non-hydrogen) atoms. The molecule has 0 saturated carbocycles. The molecule has 0 aromatic carbocycles. The summed E-state index contributed by atoms with van der Waals surface area (Å²) in [6.45, 7) is 13.9. The number of guanidine groups is 1. The highest BCUT2D eigenvalue weighted by atomic mass is 127. The average molecular weight is 544 g/mol. The summed E-state index contributed by atoms with van der Waals surface area (Å²) in [6, 6.07) is 4.41. The molecule has 0 amide bonds. The molecule has 1 atom stereocenters. The average Bonchev–Trinajstić information content (AvgIpc) is 3.31. The van der Waals surface area contributed by atoms with Crippen LogP contribution in [0.15, 0.2) is 40.3 Å². The van der Waals surface area contributed by atoms with Crippen LogP contribution in [-0.4, -0.2) is 78.1 Å². The second kappa shape index (κ2) is 13.1. The minimum atomic E-state index is 0. The highest BCUT2D eigenvalue weighted by Gasteiger charge is 2.23. The number of rotatable bonds is 8. The lowest BCUT2D eigenvalue weighted by atomic mass is 10.1. The van der Waals surface area contributed by atoms with E-state index >= 15 is 0 Å². The molecule has 0 aliphatic carbocycles. The maximum Gasteiger partial charge on any atom is 0.225 e. The Labute approximate surface area is 201 Å². The fourth-order valence-corrected chi connectivity index (χ4v) is 4.44. The number of halogens is 1. The van der Waals surface area contributed by atoms with Gasteiger partial charge in [0.25, 0.3) is 0 Å². The molecule has 9 heteroatoms. The molecule has 166 valence electrons. The predicted octanol–water partition coefficient (Wildman–Crippen LogP) is 3.33. The molecule has 2 aromatic heterocycles. The summed E-state index contributed by atoms with van der Waals surface area (Å²) in [7, 11) is 0. The van der Waals surface area contributed by atoms with Crippen molar-refractivity contribution in [1.29, 1.82) is 0 Å². The Morgan fingerprint density at radius 1 is 1.17 bits per heavy atom. The Kier molecular flexibility index (Phi) is 10.8. The summed E-state index contributed by atoms with van der Waals surface area (Å²) in [5.74, 6) is 1.82. The smallest absolute Gasteiger partial charge is 0.225 e. The van der Waals surface area contributed by atoms with Gasteiger partial charge in [-0.2, -0.15) is 11.3 Å². The number of nitrogens with one attached hydrogen (secondary N) is 1. The molecule has 0 radical (unpaired) electrons. The van der Waals surface area contributed by atoms with Crippen LogP contribution in [0.1, 0.15) is 32.4 Å². The molecule has 3 heterocycles. The molecule has 2 aromatic rings. The lowest BCUT2D eigenvalue weighted by Gasteiger charge is -2.37. The van der Waals surface area contributed by atoms with Crippen molar-refractivity contribution in [2.24, 2.45) is 4.99 Å². The molecule has 7 nitrogen and oxygen atoms in total. The van der Waals surface area contributed by atoms with Crippen molar-refractivity contribution in [3.63, 3.8) is 0 Å².